The van der Waals surface area contributed by atoms with E-state index >= 15 is 0 Å². The highest BCUT2D eigenvalue weighted by Crippen LogP contribution is 2.68. The van der Waals surface area contributed by atoms with E-state index in [1.807, 2.05) is 33.8 Å². The number of rotatable bonds is 6. The van der Waals surface area contributed by atoms with E-state index in [0.29, 0.717) is 38.5 Å². The monoisotopic (exact) mass is 589 g/mol. The van der Waals surface area contributed by atoms with Crippen LogP contribution in [0.3, 0.4) is 0 Å². The molecule has 0 saturated heterocycles. The van der Waals surface area contributed by atoms with Crippen molar-refractivity contribution in [2.75, 3.05) is 0 Å². The highest BCUT2D eigenvalue weighted by atomic mass is 16.6. The Bertz CT molecular complexity index is 1050. The standard InChI is InChI=1S/C34H55NO7/c1-9-32(7)19-26(33(8)20(2)14-16-34(21(3)29(32)39)17-15-24(36)28(33)34)41-27(38)13-11-22-10-12-23(18-25(22)37)35-30(40)42-31(4,5)6/h9,20-23,25-26,28-29,37,39H,1,10-19H2,2-8H3,(H,35,40)/t20?,21-,22-,23+,25+,26+,28?,29-,32+,33-,34-/m0/s1. The average Bonchev–Trinajstić information content (AvgIpc) is 3.25. The summed E-state index contributed by atoms with van der Waals surface area (Å²) in [6, 6.07) is -0.171. The quantitative estimate of drug-likeness (QED) is 0.267. The molecule has 0 spiro atoms. The van der Waals surface area contributed by atoms with Crippen LogP contribution in [0.5, 0.6) is 0 Å². The highest BCUT2D eigenvalue weighted by Gasteiger charge is 2.68. The van der Waals surface area contributed by atoms with Crippen LogP contribution in [-0.2, 0) is 19.1 Å². The predicted octanol–water partition coefficient (Wildman–Crippen LogP) is 5.73. The van der Waals surface area contributed by atoms with E-state index in [1.54, 1.807) is 0 Å². The maximum atomic E-state index is 13.6. The van der Waals surface area contributed by atoms with Crippen molar-refractivity contribution in [2.45, 2.75) is 143 Å². The molecule has 0 aromatic carbocycles. The van der Waals surface area contributed by atoms with E-state index in [2.05, 4.69) is 32.7 Å². The molecule has 4 aliphatic rings. The molecule has 0 aliphatic heterocycles. The number of nitrogens with one attached hydrogen (secondary N) is 1. The molecule has 2 bridgehead atoms. The molecule has 0 aromatic heterocycles. The molecule has 0 radical (unpaired) electrons. The summed E-state index contributed by atoms with van der Waals surface area (Å²) in [6.45, 7) is 17.9. The molecule has 238 valence electrons. The van der Waals surface area contributed by atoms with Gasteiger partial charge in [0.25, 0.3) is 0 Å². The van der Waals surface area contributed by atoms with Crippen molar-refractivity contribution in [3.8, 4) is 0 Å². The van der Waals surface area contributed by atoms with Gasteiger partial charge in [0.05, 0.1) is 12.2 Å². The van der Waals surface area contributed by atoms with Gasteiger partial charge in [-0.2, -0.15) is 0 Å². The number of ether oxygens (including phenoxy) is 2. The number of Topliss-reactive ketones (excluding diaryl/α,β-unsaturated/α-hetero) is 1. The molecular weight excluding hydrogens is 534 g/mol. The van der Waals surface area contributed by atoms with Gasteiger partial charge in [0.15, 0.2) is 0 Å². The molecule has 4 aliphatic carbocycles. The van der Waals surface area contributed by atoms with Crippen LogP contribution in [0.2, 0.25) is 0 Å². The van der Waals surface area contributed by atoms with Crippen molar-refractivity contribution in [1.29, 1.82) is 0 Å². The second-order valence-electron chi connectivity index (χ2n) is 15.6. The summed E-state index contributed by atoms with van der Waals surface area (Å²) >= 11 is 0. The van der Waals surface area contributed by atoms with Crippen LogP contribution in [0.1, 0.15) is 113 Å². The van der Waals surface area contributed by atoms with E-state index in [0.717, 1.165) is 19.3 Å². The summed E-state index contributed by atoms with van der Waals surface area (Å²) in [4.78, 5) is 39.2. The number of hydrogen-bond donors (Lipinski definition) is 3. The third kappa shape index (κ3) is 6.04. The Morgan fingerprint density at radius 3 is 2.43 bits per heavy atom. The van der Waals surface area contributed by atoms with E-state index < -0.39 is 40.8 Å². The van der Waals surface area contributed by atoms with Crippen molar-refractivity contribution in [1.82, 2.24) is 5.32 Å². The maximum Gasteiger partial charge on any atom is 0.407 e. The Labute approximate surface area is 252 Å². The number of aliphatic hydroxyl groups is 2. The lowest BCUT2D eigenvalue weighted by Gasteiger charge is -2.61. The van der Waals surface area contributed by atoms with Crippen LogP contribution in [0.25, 0.3) is 0 Å². The number of carbonyl (C=O) groups is 3. The minimum absolute atomic E-state index is 0.0677. The van der Waals surface area contributed by atoms with Gasteiger partial charge in [-0.3, -0.25) is 9.59 Å². The zero-order valence-corrected chi connectivity index (χ0v) is 26.9. The zero-order chi connectivity index (χ0) is 31.3. The summed E-state index contributed by atoms with van der Waals surface area (Å²) < 4.78 is 11.7. The third-order valence-corrected chi connectivity index (χ3v) is 12.0. The van der Waals surface area contributed by atoms with E-state index in [1.165, 1.54) is 0 Å². The first kappa shape index (κ1) is 33.0. The fraction of sp³-hybridized carbons (Fsp3) is 0.853. The van der Waals surface area contributed by atoms with Crippen LogP contribution in [-0.4, -0.2) is 58.0 Å². The van der Waals surface area contributed by atoms with Gasteiger partial charge in [0, 0.05) is 35.6 Å². The second-order valence-corrected chi connectivity index (χ2v) is 15.6. The molecule has 0 heterocycles. The lowest BCUT2D eigenvalue weighted by Crippen LogP contribution is -2.63. The van der Waals surface area contributed by atoms with Crippen molar-refractivity contribution in [3.63, 3.8) is 0 Å². The summed E-state index contributed by atoms with van der Waals surface area (Å²) in [5.74, 6) is -0.290. The van der Waals surface area contributed by atoms with Gasteiger partial charge in [-0.15, -0.1) is 6.58 Å². The van der Waals surface area contributed by atoms with Crippen LogP contribution in [0.15, 0.2) is 12.7 Å². The summed E-state index contributed by atoms with van der Waals surface area (Å²) in [6.07, 6.45) is 5.45. The van der Waals surface area contributed by atoms with Gasteiger partial charge < -0.3 is 25.0 Å². The Hall–Kier alpha value is -1.93. The number of ketones is 1. The first-order valence-corrected chi connectivity index (χ1v) is 16.2. The Morgan fingerprint density at radius 2 is 1.81 bits per heavy atom. The number of esters is 1. The summed E-state index contributed by atoms with van der Waals surface area (Å²) in [5, 5.41) is 25.4. The van der Waals surface area contributed by atoms with Crippen LogP contribution >= 0.6 is 0 Å². The molecule has 3 N–H and O–H groups in total. The maximum absolute atomic E-state index is 13.6. The van der Waals surface area contributed by atoms with Gasteiger partial charge in [0.1, 0.15) is 17.5 Å². The molecule has 4 fully saturated rings. The molecular formula is C34H55NO7. The molecule has 4 rings (SSSR count). The fourth-order valence-electron chi connectivity index (χ4n) is 9.17. The molecule has 0 aromatic rings. The van der Waals surface area contributed by atoms with Crippen LogP contribution < -0.4 is 5.32 Å². The van der Waals surface area contributed by atoms with Crippen LogP contribution in [0, 0.1) is 39.9 Å². The predicted molar refractivity (Wildman–Crippen MR) is 160 cm³/mol. The van der Waals surface area contributed by atoms with Crippen LogP contribution in [0.4, 0.5) is 4.79 Å². The lowest BCUT2D eigenvalue weighted by molar-refractivity contribution is -0.206. The Morgan fingerprint density at radius 1 is 1.12 bits per heavy atom. The van der Waals surface area contributed by atoms with E-state index in [-0.39, 0.29) is 53.3 Å². The third-order valence-electron chi connectivity index (χ3n) is 12.0. The normalized spacial score (nSPS) is 43.9. The first-order valence-electron chi connectivity index (χ1n) is 16.2. The number of alkyl carbamates (subject to hydrolysis) is 1. The minimum Gasteiger partial charge on any atom is -0.462 e. The Balaban J connectivity index is 1.45. The van der Waals surface area contributed by atoms with Gasteiger partial charge in [-0.1, -0.05) is 33.8 Å². The van der Waals surface area contributed by atoms with Gasteiger partial charge in [-0.25, -0.2) is 4.79 Å². The lowest BCUT2D eigenvalue weighted by atomic mass is 9.44. The molecule has 4 saturated carbocycles. The smallest absolute Gasteiger partial charge is 0.407 e. The van der Waals surface area contributed by atoms with Crippen molar-refractivity contribution in [2.24, 2.45) is 39.9 Å². The van der Waals surface area contributed by atoms with Crippen molar-refractivity contribution in [3.05, 3.63) is 12.7 Å². The SMILES string of the molecule is C=C[C@]1(C)C[C@@H](OC(=O)CC[C@@H]2CC[C@@H](NC(=O)OC(C)(C)C)C[C@H]2O)[C@]2(C)C(C)CC[C@]3(CCC(=O)C32)[C@@H](C)[C@@H]1O. The number of amides is 1. The molecule has 11 atom stereocenters. The molecule has 42 heavy (non-hydrogen) atoms. The van der Waals surface area contributed by atoms with Gasteiger partial charge >= 0.3 is 12.1 Å². The molecule has 8 heteroatoms. The Kier molecular flexibility index (Phi) is 9.32. The van der Waals surface area contributed by atoms with E-state index in [9.17, 15) is 24.6 Å². The van der Waals surface area contributed by atoms with E-state index in [4.69, 9.17) is 9.47 Å². The number of carbonyl (C=O) groups excluding carboxylic acids is 3. The first-order chi connectivity index (χ1) is 19.5. The number of aliphatic hydroxyl groups excluding tert-OH is 2. The fourth-order valence-corrected chi connectivity index (χ4v) is 9.17. The topological polar surface area (TPSA) is 122 Å². The molecule has 1 amide bonds. The zero-order valence-electron chi connectivity index (χ0n) is 26.9. The van der Waals surface area contributed by atoms with Gasteiger partial charge in [0.2, 0.25) is 0 Å². The highest BCUT2D eigenvalue weighted by molar-refractivity contribution is 5.85. The average molecular weight is 590 g/mol. The largest absolute Gasteiger partial charge is 0.462 e. The number of hydrogen-bond acceptors (Lipinski definition) is 7. The minimum atomic E-state index is -0.692. The van der Waals surface area contributed by atoms with Crippen molar-refractivity contribution >= 4 is 17.8 Å². The molecule has 2 unspecified atom stereocenters. The summed E-state index contributed by atoms with van der Waals surface area (Å²) in [5.41, 5.74) is -2.09. The summed E-state index contributed by atoms with van der Waals surface area (Å²) in [7, 11) is 0. The second kappa shape index (κ2) is 11.9. The molecule has 8 nitrogen and oxygen atoms in total. The van der Waals surface area contributed by atoms with Crippen molar-refractivity contribution < 1.29 is 34.1 Å². The van der Waals surface area contributed by atoms with Gasteiger partial charge in [-0.05, 0) is 95.3 Å².